The van der Waals surface area contributed by atoms with E-state index < -0.39 is 0 Å². The van der Waals surface area contributed by atoms with E-state index in [9.17, 15) is 15.0 Å². The molecule has 0 aliphatic carbocycles. The van der Waals surface area contributed by atoms with E-state index in [-0.39, 0.29) is 17.3 Å². The van der Waals surface area contributed by atoms with Gasteiger partial charge in [0, 0.05) is 23.2 Å². The number of hydrogen-bond donors (Lipinski definition) is 3. The molecule has 0 aliphatic rings. The van der Waals surface area contributed by atoms with Gasteiger partial charge in [0.05, 0.1) is 5.69 Å². The fourth-order valence-corrected chi connectivity index (χ4v) is 4.06. The van der Waals surface area contributed by atoms with Crippen molar-refractivity contribution < 1.29 is 15.0 Å². The summed E-state index contributed by atoms with van der Waals surface area (Å²) in [6.07, 6.45) is 0. The molecule has 5 heteroatoms. The molecule has 0 aliphatic heterocycles. The molecule has 0 saturated carbocycles. The van der Waals surface area contributed by atoms with E-state index >= 15 is 0 Å². The molecule has 0 atom stereocenters. The standard InChI is InChI=1S/C28H28N2O3/c1-17-13-22(15-26(32)28(17)33)21-8-7-20-9-12-24(18(2)31)27(25(20)14-21)29-23-10-5-19(6-11-23)16-30(3)4/h5-15,29,32-33H,16H2,1-4H3. The fourth-order valence-electron chi connectivity index (χ4n) is 4.06. The van der Waals surface area contributed by atoms with Crippen molar-refractivity contribution in [2.75, 3.05) is 19.4 Å². The Hall–Kier alpha value is -3.83. The first kappa shape index (κ1) is 22.4. The number of nitrogens with zero attached hydrogens (tertiary/aromatic N) is 1. The highest BCUT2D eigenvalue weighted by Crippen LogP contribution is 2.37. The first-order valence-corrected chi connectivity index (χ1v) is 10.8. The highest BCUT2D eigenvalue weighted by Gasteiger charge is 2.14. The van der Waals surface area contributed by atoms with Crippen LogP contribution in [0, 0.1) is 6.92 Å². The lowest BCUT2D eigenvalue weighted by Crippen LogP contribution is -2.10. The summed E-state index contributed by atoms with van der Waals surface area (Å²) < 4.78 is 0. The largest absolute Gasteiger partial charge is 0.504 e. The van der Waals surface area contributed by atoms with Crippen LogP contribution < -0.4 is 5.32 Å². The Balaban J connectivity index is 1.82. The molecule has 0 amide bonds. The number of aryl methyl sites for hydroxylation is 1. The van der Waals surface area contributed by atoms with Gasteiger partial charge in [-0.25, -0.2) is 0 Å². The van der Waals surface area contributed by atoms with Gasteiger partial charge in [-0.1, -0.05) is 30.3 Å². The number of carbonyl (C=O) groups excluding carboxylic acids is 1. The highest BCUT2D eigenvalue weighted by atomic mass is 16.3. The van der Waals surface area contributed by atoms with Crippen molar-refractivity contribution in [3.8, 4) is 22.6 Å². The highest BCUT2D eigenvalue weighted by molar-refractivity contribution is 6.10. The SMILES string of the molecule is CC(=O)c1ccc2ccc(-c3cc(C)c(O)c(O)c3)cc2c1Nc1ccc(CN(C)C)cc1. The summed E-state index contributed by atoms with van der Waals surface area (Å²) in [7, 11) is 4.07. The lowest BCUT2D eigenvalue weighted by Gasteiger charge is -2.16. The predicted molar refractivity (Wildman–Crippen MR) is 135 cm³/mol. The van der Waals surface area contributed by atoms with E-state index in [1.807, 2.05) is 62.6 Å². The van der Waals surface area contributed by atoms with E-state index in [4.69, 9.17) is 0 Å². The lowest BCUT2D eigenvalue weighted by atomic mass is 9.96. The minimum absolute atomic E-state index is 0.0212. The summed E-state index contributed by atoms with van der Waals surface area (Å²) in [6, 6.07) is 21.4. The quantitative estimate of drug-likeness (QED) is 0.245. The maximum absolute atomic E-state index is 12.5. The first-order valence-electron chi connectivity index (χ1n) is 10.8. The van der Waals surface area contributed by atoms with Crippen LogP contribution >= 0.6 is 0 Å². The van der Waals surface area contributed by atoms with Gasteiger partial charge < -0.3 is 20.4 Å². The molecule has 4 aromatic carbocycles. The van der Waals surface area contributed by atoms with Crippen LogP contribution in [0.2, 0.25) is 0 Å². The molecule has 33 heavy (non-hydrogen) atoms. The van der Waals surface area contributed by atoms with E-state index in [2.05, 4.69) is 22.3 Å². The van der Waals surface area contributed by atoms with Gasteiger partial charge in [0.1, 0.15) is 0 Å². The first-order chi connectivity index (χ1) is 15.7. The Morgan fingerprint density at radius 2 is 1.61 bits per heavy atom. The van der Waals surface area contributed by atoms with Crippen LogP contribution in [-0.2, 0) is 6.54 Å². The van der Waals surface area contributed by atoms with E-state index in [0.717, 1.165) is 39.8 Å². The second kappa shape index (κ2) is 8.96. The van der Waals surface area contributed by atoms with Gasteiger partial charge in [-0.3, -0.25) is 4.79 Å². The summed E-state index contributed by atoms with van der Waals surface area (Å²) in [5, 5.41) is 25.4. The monoisotopic (exact) mass is 440 g/mol. The molecule has 0 aromatic heterocycles. The Labute approximate surface area is 193 Å². The molecule has 4 rings (SSSR count). The summed E-state index contributed by atoms with van der Waals surface area (Å²) in [5.41, 5.74) is 5.74. The number of phenols is 2. The maximum Gasteiger partial charge on any atom is 0.161 e. The lowest BCUT2D eigenvalue weighted by molar-refractivity contribution is 0.101. The van der Waals surface area contributed by atoms with Crippen molar-refractivity contribution in [2.45, 2.75) is 20.4 Å². The fraction of sp³-hybridized carbons (Fsp3) is 0.179. The van der Waals surface area contributed by atoms with Crippen molar-refractivity contribution in [1.29, 1.82) is 0 Å². The second-order valence-corrected chi connectivity index (χ2v) is 8.70. The Morgan fingerprint density at radius 1 is 0.909 bits per heavy atom. The van der Waals surface area contributed by atoms with Gasteiger partial charge in [-0.15, -0.1) is 0 Å². The van der Waals surface area contributed by atoms with Gasteiger partial charge in [0.2, 0.25) is 0 Å². The zero-order valence-electron chi connectivity index (χ0n) is 19.3. The van der Waals surface area contributed by atoms with Crippen LogP contribution in [0.4, 0.5) is 11.4 Å². The van der Waals surface area contributed by atoms with Crippen LogP contribution in [0.1, 0.15) is 28.4 Å². The molecular weight excluding hydrogens is 412 g/mol. The number of anilines is 2. The van der Waals surface area contributed by atoms with Crippen molar-refractivity contribution in [1.82, 2.24) is 4.90 Å². The van der Waals surface area contributed by atoms with Gasteiger partial charge in [0.25, 0.3) is 0 Å². The van der Waals surface area contributed by atoms with Gasteiger partial charge in [-0.05, 0) is 92.0 Å². The Morgan fingerprint density at radius 3 is 2.24 bits per heavy atom. The number of benzene rings is 4. The third kappa shape index (κ3) is 4.69. The molecule has 0 spiro atoms. The average molecular weight is 441 g/mol. The zero-order chi connectivity index (χ0) is 23.7. The van der Waals surface area contributed by atoms with Crippen molar-refractivity contribution in [2.24, 2.45) is 0 Å². The molecule has 0 heterocycles. The number of nitrogens with one attached hydrogen (secondary N) is 1. The number of hydrogen-bond acceptors (Lipinski definition) is 5. The molecule has 0 radical (unpaired) electrons. The molecular formula is C28H28N2O3. The average Bonchev–Trinajstić information content (AvgIpc) is 2.77. The molecule has 0 fully saturated rings. The van der Waals surface area contributed by atoms with E-state index in [0.29, 0.717) is 11.1 Å². The Kier molecular flexibility index (Phi) is 6.07. The van der Waals surface area contributed by atoms with Crippen molar-refractivity contribution in [3.05, 3.63) is 83.4 Å². The van der Waals surface area contributed by atoms with Crippen LogP contribution in [-0.4, -0.2) is 35.0 Å². The van der Waals surface area contributed by atoms with Crippen LogP contribution in [0.15, 0.2) is 66.7 Å². The smallest absolute Gasteiger partial charge is 0.161 e. The predicted octanol–water partition coefficient (Wildman–Crippen LogP) is 6.23. The second-order valence-electron chi connectivity index (χ2n) is 8.70. The topological polar surface area (TPSA) is 72.8 Å². The number of ketones is 1. The minimum Gasteiger partial charge on any atom is -0.504 e. The van der Waals surface area contributed by atoms with Crippen molar-refractivity contribution >= 4 is 27.9 Å². The van der Waals surface area contributed by atoms with E-state index in [1.165, 1.54) is 5.56 Å². The number of aromatic hydroxyl groups is 2. The van der Waals surface area contributed by atoms with Gasteiger partial charge >= 0.3 is 0 Å². The molecule has 0 bridgehead atoms. The number of phenolic OH excluding ortho intramolecular Hbond substituents is 2. The van der Waals surface area contributed by atoms with Crippen LogP contribution in [0.3, 0.4) is 0 Å². The Bertz CT molecular complexity index is 1320. The van der Waals surface area contributed by atoms with Gasteiger partial charge in [-0.2, -0.15) is 0 Å². The summed E-state index contributed by atoms with van der Waals surface area (Å²) in [5.74, 6) is -0.288. The molecule has 4 aromatic rings. The molecule has 3 N–H and O–H groups in total. The van der Waals surface area contributed by atoms with E-state index in [1.54, 1.807) is 19.9 Å². The number of fused-ring (bicyclic) bond motifs is 1. The summed E-state index contributed by atoms with van der Waals surface area (Å²) >= 11 is 0. The normalized spacial score (nSPS) is 11.2. The minimum atomic E-state index is -0.154. The number of carbonyl (C=O) groups is 1. The molecule has 0 saturated heterocycles. The number of rotatable bonds is 6. The van der Waals surface area contributed by atoms with Crippen LogP contribution in [0.5, 0.6) is 11.5 Å². The summed E-state index contributed by atoms with van der Waals surface area (Å²) in [6.45, 7) is 4.17. The molecule has 168 valence electrons. The van der Waals surface area contributed by atoms with Crippen molar-refractivity contribution in [3.63, 3.8) is 0 Å². The maximum atomic E-state index is 12.5. The third-order valence-electron chi connectivity index (χ3n) is 5.74. The van der Waals surface area contributed by atoms with Gasteiger partial charge in [0.15, 0.2) is 17.3 Å². The third-order valence-corrected chi connectivity index (χ3v) is 5.74. The van der Waals surface area contributed by atoms with Crippen LogP contribution in [0.25, 0.3) is 21.9 Å². The summed E-state index contributed by atoms with van der Waals surface area (Å²) in [4.78, 5) is 14.6. The molecule has 0 unspecified atom stereocenters. The molecule has 5 nitrogen and oxygen atoms in total. The zero-order valence-corrected chi connectivity index (χ0v) is 19.3. The number of Topliss-reactive ketones (excluding diaryl/α,β-unsaturated/α-hetero) is 1.